The Bertz CT molecular complexity index is 566. The quantitative estimate of drug-likeness (QED) is 0.593. The van der Waals surface area contributed by atoms with Crippen LogP contribution in [-0.4, -0.2) is 0 Å². The van der Waals surface area contributed by atoms with Crippen molar-refractivity contribution in [1.82, 2.24) is 0 Å². The minimum absolute atomic E-state index is 0.267. The fraction of sp³-hybridized carbons (Fsp3) is 0.143. The van der Waals surface area contributed by atoms with E-state index in [1.807, 2.05) is 18.2 Å². The lowest BCUT2D eigenvalue weighted by molar-refractivity contribution is 0.301. The van der Waals surface area contributed by atoms with E-state index in [0.29, 0.717) is 18.2 Å². The van der Waals surface area contributed by atoms with Crippen molar-refractivity contribution in [3.05, 3.63) is 62.3 Å². The lowest BCUT2D eigenvalue weighted by atomic mass is 10.2. The average Bonchev–Trinajstić information content (AvgIpc) is 2.37. The molecule has 0 amide bonds. The molecule has 19 heavy (non-hydrogen) atoms. The second-order valence-electron chi connectivity index (χ2n) is 3.94. The minimum Gasteiger partial charge on any atom is -0.487 e. The molecule has 5 heteroatoms. The monoisotopic (exact) mass is 406 g/mol. The molecule has 0 aliphatic heterocycles. The Morgan fingerprint density at radius 3 is 2.32 bits per heavy atom. The molecule has 2 aromatic carbocycles. The number of hydrogen-bond acceptors (Lipinski definition) is 1. The summed E-state index contributed by atoms with van der Waals surface area (Å²) in [6.45, 7) is 0.301. The molecule has 0 aliphatic carbocycles. The van der Waals surface area contributed by atoms with Crippen LogP contribution in [0.25, 0.3) is 0 Å². The summed E-state index contributed by atoms with van der Waals surface area (Å²) in [6.07, 6.45) is 0. The van der Waals surface area contributed by atoms with E-state index in [1.54, 1.807) is 6.07 Å². The molecule has 0 radical (unpaired) electrons. The van der Waals surface area contributed by atoms with Crippen molar-refractivity contribution in [2.24, 2.45) is 0 Å². The number of ether oxygens (including phenoxy) is 1. The minimum atomic E-state index is -0.267. The predicted molar refractivity (Wildman–Crippen MR) is 82.1 cm³/mol. The van der Waals surface area contributed by atoms with Crippen LogP contribution in [0.4, 0.5) is 4.39 Å². The van der Waals surface area contributed by atoms with Gasteiger partial charge in [-0.25, -0.2) is 4.39 Å². The zero-order chi connectivity index (χ0) is 13.8. The normalized spacial score (nSPS) is 10.5. The second-order valence-corrected chi connectivity index (χ2v) is 5.92. The van der Waals surface area contributed by atoms with Gasteiger partial charge in [0.15, 0.2) is 0 Å². The number of hydrogen-bond donors (Lipinski definition) is 0. The SMILES string of the molecule is Fc1cccc(COc2c(Br)cc(CCl)cc2Br)c1. The molecule has 0 fully saturated rings. The Labute approximate surface area is 133 Å². The molecule has 0 unspecified atom stereocenters. The van der Waals surface area contributed by atoms with Crippen molar-refractivity contribution in [2.45, 2.75) is 12.5 Å². The number of alkyl halides is 1. The van der Waals surface area contributed by atoms with Crippen LogP contribution in [0.3, 0.4) is 0 Å². The first-order valence-electron chi connectivity index (χ1n) is 5.51. The first-order chi connectivity index (χ1) is 9.10. The Morgan fingerprint density at radius 2 is 1.74 bits per heavy atom. The van der Waals surface area contributed by atoms with Crippen LogP contribution in [0, 0.1) is 5.82 Å². The Hall–Kier alpha value is -0.580. The van der Waals surface area contributed by atoms with Crippen LogP contribution in [-0.2, 0) is 12.5 Å². The first-order valence-corrected chi connectivity index (χ1v) is 7.63. The summed E-state index contributed by atoms with van der Waals surface area (Å²) in [5, 5.41) is 0. The fourth-order valence-corrected chi connectivity index (χ4v) is 3.27. The Balaban J connectivity index is 2.16. The standard InChI is InChI=1S/C14H10Br2ClFO/c15-12-5-10(7-17)6-13(16)14(12)19-8-9-2-1-3-11(18)4-9/h1-6H,7-8H2. The van der Waals surface area contributed by atoms with Crippen LogP contribution in [0.1, 0.15) is 11.1 Å². The van der Waals surface area contributed by atoms with Crippen molar-refractivity contribution < 1.29 is 9.13 Å². The maximum atomic E-state index is 13.1. The highest BCUT2D eigenvalue weighted by molar-refractivity contribution is 9.11. The van der Waals surface area contributed by atoms with Gasteiger partial charge < -0.3 is 4.74 Å². The summed E-state index contributed by atoms with van der Waals surface area (Å²) in [5.74, 6) is 0.844. The van der Waals surface area contributed by atoms with E-state index in [9.17, 15) is 4.39 Å². The van der Waals surface area contributed by atoms with Crippen LogP contribution >= 0.6 is 43.5 Å². The molecule has 0 N–H and O–H groups in total. The number of rotatable bonds is 4. The van der Waals surface area contributed by atoms with Gasteiger partial charge in [-0.1, -0.05) is 12.1 Å². The molecular weight excluding hydrogens is 398 g/mol. The number of benzene rings is 2. The molecule has 100 valence electrons. The van der Waals surface area contributed by atoms with E-state index in [2.05, 4.69) is 31.9 Å². The van der Waals surface area contributed by atoms with Gasteiger partial charge in [0, 0.05) is 5.88 Å². The van der Waals surface area contributed by atoms with Gasteiger partial charge in [-0.3, -0.25) is 0 Å². The number of halogens is 4. The summed E-state index contributed by atoms with van der Waals surface area (Å²) < 4.78 is 20.4. The van der Waals surface area contributed by atoms with E-state index >= 15 is 0 Å². The van der Waals surface area contributed by atoms with Crippen molar-refractivity contribution >= 4 is 43.5 Å². The van der Waals surface area contributed by atoms with E-state index in [1.165, 1.54) is 12.1 Å². The van der Waals surface area contributed by atoms with Crippen LogP contribution < -0.4 is 4.74 Å². The van der Waals surface area contributed by atoms with Crippen LogP contribution in [0.15, 0.2) is 45.3 Å². The molecule has 0 saturated heterocycles. The third-order valence-corrected chi connectivity index (χ3v) is 3.97. The Kier molecular flexibility index (Phi) is 5.25. The largest absolute Gasteiger partial charge is 0.487 e. The lowest BCUT2D eigenvalue weighted by Gasteiger charge is -2.11. The van der Waals surface area contributed by atoms with E-state index in [4.69, 9.17) is 16.3 Å². The van der Waals surface area contributed by atoms with Crippen molar-refractivity contribution in [3.63, 3.8) is 0 Å². The molecule has 0 bridgehead atoms. The maximum absolute atomic E-state index is 13.1. The molecule has 0 heterocycles. The van der Waals surface area contributed by atoms with Crippen LogP contribution in [0.5, 0.6) is 5.75 Å². The van der Waals surface area contributed by atoms with Crippen molar-refractivity contribution in [1.29, 1.82) is 0 Å². The molecule has 0 atom stereocenters. The van der Waals surface area contributed by atoms with Gasteiger partial charge in [0.1, 0.15) is 18.2 Å². The molecule has 0 spiro atoms. The van der Waals surface area contributed by atoms with Crippen LogP contribution in [0.2, 0.25) is 0 Å². The van der Waals surface area contributed by atoms with Crippen molar-refractivity contribution in [2.75, 3.05) is 0 Å². The molecule has 0 saturated carbocycles. The molecular formula is C14H10Br2ClFO. The summed E-state index contributed by atoms with van der Waals surface area (Å²) in [4.78, 5) is 0. The summed E-state index contributed by atoms with van der Waals surface area (Å²) in [7, 11) is 0. The molecule has 1 nitrogen and oxygen atoms in total. The molecule has 0 aliphatic rings. The smallest absolute Gasteiger partial charge is 0.148 e. The summed E-state index contributed by atoms with van der Waals surface area (Å²) >= 11 is 12.7. The topological polar surface area (TPSA) is 9.23 Å². The summed E-state index contributed by atoms with van der Waals surface area (Å²) in [5.41, 5.74) is 1.76. The van der Waals surface area contributed by atoms with Gasteiger partial charge in [0.25, 0.3) is 0 Å². The second kappa shape index (κ2) is 6.73. The van der Waals surface area contributed by atoms with Gasteiger partial charge in [0.05, 0.1) is 8.95 Å². The van der Waals surface area contributed by atoms with E-state index in [-0.39, 0.29) is 5.82 Å². The van der Waals surface area contributed by atoms with Gasteiger partial charge in [-0.15, -0.1) is 11.6 Å². The zero-order valence-electron chi connectivity index (χ0n) is 9.80. The molecule has 2 aromatic rings. The average molecular weight is 408 g/mol. The maximum Gasteiger partial charge on any atom is 0.148 e. The first kappa shape index (κ1) is 14.8. The summed E-state index contributed by atoms with van der Waals surface area (Å²) in [6, 6.07) is 10.1. The third-order valence-electron chi connectivity index (χ3n) is 2.48. The fourth-order valence-electron chi connectivity index (χ4n) is 1.61. The molecule has 0 aromatic heterocycles. The zero-order valence-corrected chi connectivity index (χ0v) is 13.7. The van der Waals surface area contributed by atoms with Gasteiger partial charge in [0.2, 0.25) is 0 Å². The van der Waals surface area contributed by atoms with Gasteiger partial charge in [-0.05, 0) is 67.3 Å². The highest BCUT2D eigenvalue weighted by Crippen LogP contribution is 2.35. The third kappa shape index (κ3) is 3.94. The van der Waals surface area contributed by atoms with Gasteiger partial charge in [-0.2, -0.15) is 0 Å². The Morgan fingerprint density at radius 1 is 1.05 bits per heavy atom. The van der Waals surface area contributed by atoms with E-state index < -0.39 is 0 Å². The highest BCUT2D eigenvalue weighted by atomic mass is 79.9. The van der Waals surface area contributed by atoms with E-state index in [0.717, 1.165) is 20.1 Å². The lowest BCUT2D eigenvalue weighted by Crippen LogP contribution is -1.98. The van der Waals surface area contributed by atoms with Gasteiger partial charge >= 0.3 is 0 Å². The highest BCUT2D eigenvalue weighted by Gasteiger charge is 2.09. The van der Waals surface area contributed by atoms with Crippen molar-refractivity contribution in [3.8, 4) is 5.75 Å². The molecule has 2 rings (SSSR count). The predicted octanol–water partition coefficient (Wildman–Crippen LogP) is 5.67.